The van der Waals surface area contributed by atoms with Gasteiger partial charge in [-0.1, -0.05) is 97.8 Å². The summed E-state index contributed by atoms with van der Waals surface area (Å²) >= 11 is 1.64. The number of hydrogen-bond donors (Lipinski definition) is 0. The number of carboxylic acid groups (broad SMARTS) is 3. The molecule has 0 fully saturated rings. The van der Waals surface area contributed by atoms with Gasteiger partial charge in [-0.25, -0.2) is 0 Å². The minimum absolute atomic E-state index is 0.226. The molecule has 6 nitrogen and oxygen atoms in total. The number of rotatable bonds is 18. The van der Waals surface area contributed by atoms with Crippen LogP contribution in [0.3, 0.4) is 0 Å². The number of unbranched alkanes of at least 4 members (excludes halogenated alkanes) is 12. The van der Waals surface area contributed by atoms with E-state index in [0.717, 1.165) is 61.7 Å². The molecule has 34 heavy (non-hydrogen) atoms. The Morgan fingerprint density at radius 2 is 0.676 bits per heavy atom. The summed E-state index contributed by atoms with van der Waals surface area (Å²) in [6.07, 6.45) is 16.8. The van der Waals surface area contributed by atoms with Crippen LogP contribution in [0.4, 0.5) is 0 Å². The zero-order valence-electron chi connectivity index (χ0n) is 22.8. The summed E-state index contributed by atoms with van der Waals surface area (Å²) in [5.41, 5.74) is 0. The summed E-state index contributed by atoms with van der Waals surface area (Å²) in [5.74, 6) is -2.76. The molecule has 0 unspecified atom stereocenters. The van der Waals surface area contributed by atoms with Crippen LogP contribution in [0.5, 0.6) is 0 Å². The van der Waals surface area contributed by atoms with E-state index in [1.807, 2.05) is 0 Å². The molecule has 7 heteroatoms. The summed E-state index contributed by atoms with van der Waals surface area (Å²) in [7, 11) is 0. The van der Waals surface area contributed by atoms with Gasteiger partial charge in [-0.3, -0.25) is 0 Å². The van der Waals surface area contributed by atoms with Gasteiger partial charge in [0.05, 0.1) is 0 Å². The van der Waals surface area contributed by atoms with Crippen LogP contribution in [-0.2, 0) is 14.4 Å². The summed E-state index contributed by atoms with van der Waals surface area (Å²) < 4.78 is 0.923. The zero-order valence-corrected chi connectivity index (χ0v) is 25.6. The van der Waals surface area contributed by atoms with Crippen molar-refractivity contribution in [1.82, 2.24) is 0 Å². The van der Waals surface area contributed by atoms with Crippen molar-refractivity contribution in [2.75, 3.05) is 0 Å². The van der Waals surface area contributed by atoms with Gasteiger partial charge in [0, 0.05) is 17.9 Å². The van der Waals surface area contributed by atoms with Crippen LogP contribution in [0.15, 0.2) is 0 Å². The maximum absolute atomic E-state index is 9.92. The Balaban J connectivity index is -0.000000184. The van der Waals surface area contributed by atoms with Crippen LogP contribution in [0, 0.1) is 0 Å². The van der Waals surface area contributed by atoms with Crippen molar-refractivity contribution >= 4 is 40.4 Å². The molecule has 0 aliphatic rings. The van der Waals surface area contributed by atoms with E-state index in [-0.39, 0.29) is 19.3 Å². The van der Waals surface area contributed by atoms with Gasteiger partial charge in [0.25, 0.3) is 0 Å². The predicted octanol–water partition coefficient (Wildman–Crippen LogP) is 4.27. The Labute approximate surface area is 223 Å². The fourth-order valence-electron chi connectivity index (χ4n) is 2.62. The van der Waals surface area contributed by atoms with Crippen molar-refractivity contribution in [3.8, 4) is 0 Å². The molecule has 200 valence electrons. The molecule has 0 radical (unpaired) electrons. The summed E-state index contributed by atoms with van der Waals surface area (Å²) in [5, 5.41) is 29.8. The van der Waals surface area contributed by atoms with Crippen LogP contribution in [0.25, 0.3) is 0 Å². The molecular formula is C27H52O6Sn. The molecule has 0 spiro atoms. The number of carbonyl (C=O) groups is 3. The van der Waals surface area contributed by atoms with E-state index in [9.17, 15) is 29.7 Å². The molecule has 0 N–H and O–H groups in total. The molecule has 0 heterocycles. The van der Waals surface area contributed by atoms with E-state index < -0.39 is 17.9 Å². The van der Waals surface area contributed by atoms with Gasteiger partial charge < -0.3 is 29.7 Å². The Kier molecular flexibility index (Phi) is 43.7. The summed E-state index contributed by atoms with van der Waals surface area (Å²) in [6.45, 7) is 10.8. The van der Waals surface area contributed by atoms with Crippen molar-refractivity contribution in [3.05, 3.63) is 0 Å². The molecule has 0 aliphatic carbocycles. The number of aliphatic carboxylic acids is 3. The zero-order chi connectivity index (χ0) is 27.0. The van der Waals surface area contributed by atoms with Gasteiger partial charge in [0.15, 0.2) is 0 Å². The first-order valence-corrected chi connectivity index (χ1v) is 15.0. The molecule has 0 saturated carbocycles. The first-order valence-electron chi connectivity index (χ1n) is 13.4. The second-order valence-corrected chi connectivity index (χ2v) is 12.1. The number of carboxylic acids is 3. The quantitative estimate of drug-likeness (QED) is 0.174. The normalized spacial score (nSPS) is 9.65. The van der Waals surface area contributed by atoms with Gasteiger partial charge in [-0.15, -0.1) is 0 Å². The van der Waals surface area contributed by atoms with E-state index in [4.69, 9.17) is 0 Å². The van der Waals surface area contributed by atoms with Gasteiger partial charge in [0.2, 0.25) is 0 Å². The monoisotopic (exact) mass is 592 g/mol. The van der Waals surface area contributed by atoms with Gasteiger partial charge in [-0.2, -0.15) is 0 Å². The molecule has 0 amide bonds. The molecule has 0 aliphatic heterocycles. The van der Waals surface area contributed by atoms with Crippen LogP contribution in [-0.4, -0.2) is 40.4 Å². The molecule has 0 bridgehead atoms. The maximum atomic E-state index is 9.92. The molecule has 0 aromatic rings. The third kappa shape index (κ3) is 69.7. The van der Waals surface area contributed by atoms with Crippen LogP contribution >= 0.6 is 0 Å². The minimum atomic E-state index is -0.920. The Hall–Kier alpha value is -0.791. The third-order valence-corrected chi connectivity index (χ3v) is 4.45. The topological polar surface area (TPSA) is 120 Å². The van der Waals surface area contributed by atoms with Crippen molar-refractivity contribution in [3.63, 3.8) is 0 Å². The van der Waals surface area contributed by atoms with Crippen molar-refractivity contribution < 1.29 is 29.7 Å². The standard InChI is InChI=1S/3C8H16O2.C3H7.Sn/c3*1-2-3-4-5-6-7-8(9)10;1-3-2;/h3*2-7H2,1H3,(H,9,10);3H,1-2H3;/q;;;;+3/p-3. The van der Waals surface area contributed by atoms with Gasteiger partial charge >= 0.3 is 40.3 Å². The van der Waals surface area contributed by atoms with Crippen molar-refractivity contribution in [2.24, 2.45) is 0 Å². The van der Waals surface area contributed by atoms with E-state index in [0.29, 0.717) is 0 Å². The number of hydrogen-bond acceptors (Lipinski definition) is 6. The van der Waals surface area contributed by atoms with E-state index >= 15 is 0 Å². The second-order valence-electron chi connectivity index (χ2n) is 8.76. The van der Waals surface area contributed by atoms with Crippen LogP contribution < -0.4 is 15.3 Å². The van der Waals surface area contributed by atoms with Crippen molar-refractivity contribution in [1.29, 1.82) is 0 Å². The molecular weight excluding hydrogens is 539 g/mol. The molecule has 0 aromatic carbocycles. The Morgan fingerprint density at radius 3 is 0.824 bits per heavy atom. The van der Waals surface area contributed by atoms with Crippen LogP contribution in [0.2, 0.25) is 3.93 Å². The fourth-order valence-corrected chi connectivity index (χ4v) is 2.62. The van der Waals surface area contributed by atoms with E-state index in [2.05, 4.69) is 34.6 Å². The average Bonchev–Trinajstić information content (AvgIpc) is 2.73. The Morgan fingerprint density at radius 1 is 0.500 bits per heavy atom. The van der Waals surface area contributed by atoms with Crippen LogP contribution in [0.1, 0.15) is 150 Å². The Bertz CT molecular complexity index is 368. The molecule has 0 saturated heterocycles. The SMILES string of the molecule is CCCCCCCC(=O)[O-].CCCCCCCC(=O)[O-].CCCCCCCC(=O)[O-].C[CH](C)[Sn+3]. The average molecular weight is 591 g/mol. The summed E-state index contributed by atoms with van der Waals surface area (Å²) in [4.78, 5) is 29.8. The van der Waals surface area contributed by atoms with Gasteiger partial charge in [0.1, 0.15) is 0 Å². The second kappa shape index (κ2) is 36.8. The number of carbonyl (C=O) groups excluding carboxylic acids is 3. The summed E-state index contributed by atoms with van der Waals surface area (Å²) in [6, 6.07) is 0. The molecule has 0 aromatic heterocycles. The van der Waals surface area contributed by atoms with E-state index in [1.165, 1.54) is 38.5 Å². The third-order valence-electron chi connectivity index (χ3n) is 4.45. The molecule has 0 atom stereocenters. The predicted molar refractivity (Wildman–Crippen MR) is 136 cm³/mol. The van der Waals surface area contributed by atoms with E-state index in [1.54, 1.807) is 22.5 Å². The fraction of sp³-hybridized carbons (Fsp3) is 0.889. The van der Waals surface area contributed by atoms with Gasteiger partial charge in [-0.05, 0) is 38.5 Å². The first kappa shape index (κ1) is 40.4. The molecule has 0 rings (SSSR count). The van der Waals surface area contributed by atoms with Crippen molar-refractivity contribution in [2.45, 2.75) is 154 Å². The first-order chi connectivity index (χ1) is 16.0.